The SMILES string of the molecule is CC(F)(F)CCCc1ccc2ccccc2c1. The van der Waals surface area contributed by atoms with Crippen molar-refractivity contribution in [2.45, 2.75) is 32.1 Å². The predicted octanol–water partition coefficient (Wildman–Crippen LogP) is 4.82. The first-order valence-electron chi connectivity index (χ1n) is 5.90. The van der Waals surface area contributed by atoms with Gasteiger partial charge in [-0.2, -0.15) is 0 Å². The fourth-order valence-electron chi connectivity index (χ4n) is 2.00. The second-order valence-corrected chi connectivity index (χ2v) is 4.61. The van der Waals surface area contributed by atoms with Gasteiger partial charge in [0.1, 0.15) is 0 Å². The lowest BCUT2D eigenvalue weighted by molar-refractivity contribution is 0.0111. The smallest absolute Gasteiger partial charge is 0.207 e. The van der Waals surface area contributed by atoms with E-state index < -0.39 is 5.92 Å². The van der Waals surface area contributed by atoms with E-state index in [1.165, 1.54) is 10.8 Å². The molecule has 0 aliphatic rings. The van der Waals surface area contributed by atoms with Gasteiger partial charge in [0, 0.05) is 6.42 Å². The minimum absolute atomic E-state index is 0.0418. The average molecular weight is 234 g/mol. The molecule has 0 bridgehead atoms. The molecule has 0 N–H and O–H groups in total. The monoisotopic (exact) mass is 234 g/mol. The van der Waals surface area contributed by atoms with Gasteiger partial charge in [0.2, 0.25) is 5.92 Å². The van der Waals surface area contributed by atoms with E-state index in [1.807, 2.05) is 24.3 Å². The van der Waals surface area contributed by atoms with Gasteiger partial charge < -0.3 is 0 Å². The van der Waals surface area contributed by atoms with Gasteiger partial charge in [-0.1, -0.05) is 42.5 Å². The number of rotatable bonds is 4. The molecule has 0 aromatic heterocycles. The maximum atomic E-state index is 12.7. The van der Waals surface area contributed by atoms with Crippen LogP contribution in [0.1, 0.15) is 25.3 Å². The molecule has 90 valence electrons. The van der Waals surface area contributed by atoms with Crippen LogP contribution < -0.4 is 0 Å². The van der Waals surface area contributed by atoms with Crippen LogP contribution in [0.5, 0.6) is 0 Å². The van der Waals surface area contributed by atoms with Gasteiger partial charge in [0.15, 0.2) is 0 Å². The molecule has 2 rings (SSSR count). The Morgan fingerprint density at radius 1 is 1.00 bits per heavy atom. The van der Waals surface area contributed by atoms with Crippen LogP contribution in [-0.2, 0) is 6.42 Å². The van der Waals surface area contributed by atoms with Crippen molar-refractivity contribution in [1.29, 1.82) is 0 Å². The van der Waals surface area contributed by atoms with E-state index in [0.717, 1.165) is 12.5 Å². The highest BCUT2D eigenvalue weighted by Gasteiger charge is 2.19. The second kappa shape index (κ2) is 4.82. The van der Waals surface area contributed by atoms with Crippen LogP contribution in [0.2, 0.25) is 0 Å². The highest BCUT2D eigenvalue weighted by atomic mass is 19.3. The van der Waals surface area contributed by atoms with Crippen LogP contribution in [0.3, 0.4) is 0 Å². The van der Waals surface area contributed by atoms with Crippen molar-refractivity contribution in [1.82, 2.24) is 0 Å². The van der Waals surface area contributed by atoms with Crippen molar-refractivity contribution in [3.63, 3.8) is 0 Å². The number of halogens is 2. The van der Waals surface area contributed by atoms with E-state index in [4.69, 9.17) is 0 Å². The van der Waals surface area contributed by atoms with Crippen LogP contribution in [0.4, 0.5) is 8.78 Å². The van der Waals surface area contributed by atoms with Crippen LogP contribution >= 0.6 is 0 Å². The summed E-state index contributed by atoms with van der Waals surface area (Å²) in [6.07, 6.45) is 1.20. The number of benzene rings is 2. The molecule has 0 radical (unpaired) electrons. The fourth-order valence-corrected chi connectivity index (χ4v) is 2.00. The van der Waals surface area contributed by atoms with Crippen molar-refractivity contribution in [3.8, 4) is 0 Å². The summed E-state index contributed by atoms with van der Waals surface area (Å²) in [6.45, 7) is 0.980. The van der Waals surface area contributed by atoms with Gasteiger partial charge in [0.05, 0.1) is 0 Å². The van der Waals surface area contributed by atoms with Crippen LogP contribution in [0.25, 0.3) is 10.8 Å². The van der Waals surface area contributed by atoms with Crippen LogP contribution in [0.15, 0.2) is 42.5 Å². The molecule has 2 aromatic carbocycles. The number of fused-ring (bicyclic) bond motifs is 1. The summed E-state index contributed by atoms with van der Waals surface area (Å²) in [7, 11) is 0. The van der Waals surface area contributed by atoms with E-state index >= 15 is 0 Å². The molecule has 0 saturated carbocycles. The number of hydrogen-bond donors (Lipinski definition) is 0. The number of aryl methyl sites for hydroxylation is 1. The van der Waals surface area contributed by atoms with Gasteiger partial charge >= 0.3 is 0 Å². The van der Waals surface area contributed by atoms with E-state index in [9.17, 15) is 8.78 Å². The third-order valence-corrected chi connectivity index (χ3v) is 2.90. The first kappa shape index (κ1) is 12.0. The van der Waals surface area contributed by atoms with Gasteiger partial charge in [-0.05, 0) is 36.1 Å². The Hall–Kier alpha value is -1.44. The van der Waals surface area contributed by atoms with Crippen molar-refractivity contribution in [2.24, 2.45) is 0 Å². The lowest BCUT2D eigenvalue weighted by Crippen LogP contribution is -2.09. The first-order valence-corrected chi connectivity index (χ1v) is 5.90. The Bertz CT molecular complexity index is 497. The zero-order valence-electron chi connectivity index (χ0n) is 9.92. The molecular formula is C15H16F2. The quantitative estimate of drug-likeness (QED) is 0.711. The van der Waals surface area contributed by atoms with Gasteiger partial charge in [-0.25, -0.2) is 8.78 Å². The van der Waals surface area contributed by atoms with Crippen molar-refractivity contribution >= 4 is 10.8 Å². The molecule has 0 nitrogen and oxygen atoms in total. The third-order valence-electron chi connectivity index (χ3n) is 2.90. The minimum Gasteiger partial charge on any atom is -0.207 e. The van der Waals surface area contributed by atoms with Gasteiger partial charge in [0.25, 0.3) is 0 Å². The first-order chi connectivity index (χ1) is 8.04. The molecule has 0 fully saturated rings. The summed E-state index contributed by atoms with van der Waals surface area (Å²) in [6, 6.07) is 14.3. The summed E-state index contributed by atoms with van der Waals surface area (Å²) in [5, 5.41) is 2.37. The summed E-state index contributed by atoms with van der Waals surface area (Å²) < 4.78 is 25.4. The lowest BCUT2D eigenvalue weighted by atomic mass is 10.0. The average Bonchev–Trinajstić information content (AvgIpc) is 2.27. The Labute approximate surface area is 100 Å². The van der Waals surface area contributed by atoms with Crippen LogP contribution in [0, 0.1) is 0 Å². The van der Waals surface area contributed by atoms with Crippen LogP contribution in [-0.4, -0.2) is 5.92 Å². The molecule has 0 unspecified atom stereocenters. The molecule has 2 aromatic rings. The summed E-state index contributed by atoms with van der Waals surface area (Å²) in [5.41, 5.74) is 1.13. The zero-order valence-corrected chi connectivity index (χ0v) is 9.92. The molecule has 17 heavy (non-hydrogen) atoms. The van der Waals surface area contributed by atoms with E-state index in [-0.39, 0.29) is 6.42 Å². The Morgan fingerprint density at radius 3 is 2.41 bits per heavy atom. The van der Waals surface area contributed by atoms with Crippen molar-refractivity contribution < 1.29 is 8.78 Å². The zero-order chi connectivity index (χ0) is 12.3. The minimum atomic E-state index is -2.54. The van der Waals surface area contributed by atoms with Crippen molar-refractivity contribution in [3.05, 3.63) is 48.0 Å². The maximum absolute atomic E-state index is 12.7. The largest absolute Gasteiger partial charge is 0.245 e. The summed E-state index contributed by atoms with van der Waals surface area (Å²) >= 11 is 0. The van der Waals surface area contributed by atoms with E-state index in [0.29, 0.717) is 12.8 Å². The Balaban J connectivity index is 2.04. The Kier molecular flexibility index (Phi) is 3.41. The van der Waals surface area contributed by atoms with E-state index in [1.54, 1.807) is 0 Å². The molecule has 0 aliphatic carbocycles. The summed E-state index contributed by atoms with van der Waals surface area (Å²) in [4.78, 5) is 0. The molecule has 0 aliphatic heterocycles. The molecule has 0 spiro atoms. The third kappa shape index (κ3) is 3.52. The second-order valence-electron chi connectivity index (χ2n) is 4.61. The molecule has 0 amide bonds. The van der Waals surface area contributed by atoms with E-state index in [2.05, 4.69) is 18.2 Å². The molecule has 2 heteroatoms. The number of alkyl halides is 2. The Morgan fingerprint density at radius 2 is 1.71 bits per heavy atom. The molecular weight excluding hydrogens is 218 g/mol. The van der Waals surface area contributed by atoms with Crippen molar-refractivity contribution in [2.75, 3.05) is 0 Å². The summed E-state index contributed by atoms with van der Waals surface area (Å²) in [5.74, 6) is -2.54. The number of hydrogen-bond acceptors (Lipinski definition) is 0. The molecule has 0 saturated heterocycles. The highest BCUT2D eigenvalue weighted by molar-refractivity contribution is 5.82. The maximum Gasteiger partial charge on any atom is 0.245 e. The molecule has 0 heterocycles. The van der Waals surface area contributed by atoms with Gasteiger partial charge in [-0.3, -0.25) is 0 Å². The topological polar surface area (TPSA) is 0 Å². The highest BCUT2D eigenvalue weighted by Crippen LogP contribution is 2.21. The van der Waals surface area contributed by atoms with Gasteiger partial charge in [-0.15, -0.1) is 0 Å². The normalized spacial score (nSPS) is 11.9. The molecule has 0 atom stereocenters. The predicted molar refractivity (Wildman–Crippen MR) is 67.5 cm³/mol. The standard InChI is InChI=1S/C15H16F2/c1-15(16,17)10-4-5-12-8-9-13-6-2-3-7-14(13)11-12/h2-3,6-9,11H,4-5,10H2,1H3. The fraction of sp³-hybridized carbons (Fsp3) is 0.333. The lowest BCUT2D eigenvalue weighted by Gasteiger charge is -2.09.